The first kappa shape index (κ1) is 44.8. The number of nitrogens with one attached hydrogen (secondary N) is 5. The Labute approximate surface area is 340 Å². The van der Waals surface area contributed by atoms with Crippen molar-refractivity contribution in [2.45, 2.75) is 38.8 Å². The van der Waals surface area contributed by atoms with Gasteiger partial charge in [0, 0.05) is 48.7 Å². The molecule has 0 aliphatic carbocycles. The number of likely N-dealkylation sites (tertiary alicyclic amines) is 1. The predicted octanol–water partition coefficient (Wildman–Crippen LogP) is 6.03. The first-order valence-corrected chi connectivity index (χ1v) is 17.9. The van der Waals surface area contributed by atoms with Crippen LogP contribution < -0.4 is 26.6 Å². The molecule has 56 heavy (non-hydrogen) atoms. The van der Waals surface area contributed by atoms with Crippen LogP contribution in [0.15, 0.2) is 86.5 Å². The highest BCUT2D eigenvalue weighted by atomic mass is 35.5. The van der Waals surface area contributed by atoms with Crippen LogP contribution in [0.5, 0.6) is 0 Å². The van der Waals surface area contributed by atoms with Gasteiger partial charge in [0.15, 0.2) is 0 Å². The summed E-state index contributed by atoms with van der Waals surface area (Å²) in [6, 6.07) is 10.4. The summed E-state index contributed by atoms with van der Waals surface area (Å²) in [5.74, 6) is -0.469. The summed E-state index contributed by atoms with van der Waals surface area (Å²) < 4.78 is 0. The van der Waals surface area contributed by atoms with Crippen LogP contribution in [0.4, 0.5) is 23.3 Å². The summed E-state index contributed by atoms with van der Waals surface area (Å²) in [4.78, 5) is 64.1. The molecule has 4 aromatic rings. The zero-order chi connectivity index (χ0) is 39.9. The van der Waals surface area contributed by atoms with Crippen molar-refractivity contribution in [3.05, 3.63) is 119 Å². The Balaban J connectivity index is 0.000000245. The van der Waals surface area contributed by atoms with Gasteiger partial charge in [-0.1, -0.05) is 36.4 Å². The number of amides is 3. The molecule has 2 aliphatic rings. The lowest BCUT2D eigenvalue weighted by Gasteiger charge is -2.18. The molecule has 0 bridgehead atoms. The van der Waals surface area contributed by atoms with Crippen LogP contribution >= 0.6 is 35.6 Å². The van der Waals surface area contributed by atoms with Gasteiger partial charge in [-0.3, -0.25) is 14.4 Å². The van der Waals surface area contributed by atoms with E-state index in [1.165, 1.54) is 30.6 Å². The number of aryl methyl sites for hydroxylation is 2. The first-order chi connectivity index (χ1) is 26.3. The number of nitrogens with zero attached hydrogens (tertiary/aromatic N) is 5. The SMILES string of the molecule is C=CC(=O)Nc1ccc(C(=O)N2CCC(Nc3ncc(Cl)cn3)C2)c(C)c1.C=CC(=O)Nc1ccc(C(=O)O)c(C)c1.Cl.Clc1cnc(NC2CCNC2)nc1. The Morgan fingerprint density at radius 2 is 1.27 bits per heavy atom. The van der Waals surface area contributed by atoms with E-state index in [-0.39, 0.29) is 41.7 Å². The summed E-state index contributed by atoms with van der Waals surface area (Å²) in [6.07, 6.45) is 10.5. The van der Waals surface area contributed by atoms with E-state index in [1.54, 1.807) is 48.5 Å². The number of carboxylic acid groups (broad SMARTS) is 1. The monoisotopic (exact) mass is 824 g/mol. The maximum atomic E-state index is 12.8. The third kappa shape index (κ3) is 13.9. The minimum absolute atomic E-state index is 0. The molecule has 2 unspecified atom stereocenters. The van der Waals surface area contributed by atoms with Gasteiger partial charge in [-0.05, 0) is 92.9 Å². The molecule has 2 aliphatic heterocycles. The molecular formula is C38H43Cl3N10O5. The van der Waals surface area contributed by atoms with Crippen molar-refractivity contribution in [1.82, 2.24) is 30.2 Å². The van der Waals surface area contributed by atoms with Crippen molar-refractivity contribution in [1.29, 1.82) is 0 Å². The molecular weight excluding hydrogens is 783 g/mol. The molecule has 2 atom stereocenters. The Kier molecular flexibility index (Phi) is 17.6. The maximum Gasteiger partial charge on any atom is 0.335 e. The summed E-state index contributed by atoms with van der Waals surface area (Å²) in [6.45, 7) is 13.5. The van der Waals surface area contributed by atoms with E-state index in [0.717, 1.165) is 37.6 Å². The molecule has 6 rings (SSSR count). The van der Waals surface area contributed by atoms with Crippen LogP contribution in [0.25, 0.3) is 0 Å². The Morgan fingerprint density at radius 3 is 1.70 bits per heavy atom. The van der Waals surface area contributed by atoms with E-state index >= 15 is 0 Å². The smallest absolute Gasteiger partial charge is 0.335 e. The highest BCUT2D eigenvalue weighted by molar-refractivity contribution is 6.30. The summed E-state index contributed by atoms with van der Waals surface area (Å²) in [7, 11) is 0. The van der Waals surface area contributed by atoms with Gasteiger partial charge < -0.3 is 36.6 Å². The van der Waals surface area contributed by atoms with Crippen molar-refractivity contribution in [3.8, 4) is 0 Å². The normalized spacial score (nSPS) is 15.3. The highest BCUT2D eigenvalue weighted by Crippen LogP contribution is 2.21. The van der Waals surface area contributed by atoms with Crippen LogP contribution in [0.2, 0.25) is 10.0 Å². The Bertz CT molecular complexity index is 2000. The molecule has 2 saturated heterocycles. The first-order valence-electron chi connectivity index (χ1n) is 17.1. The van der Waals surface area contributed by atoms with Gasteiger partial charge in [-0.15, -0.1) is 12.4 Å². The summed E-state index contributed by atoms with van der Waals surface area (Å²) >= 11 is 11.5. The van der Waals surface area contributed by atoms with Crippen LogP contribution in [-0.4, -0.2) is 91.9 Å². The molecule has 0 radical (unpaired) electrons. The lowest BCUT2D eigenvalue weighted by Crippen LogP contribution is -2.32. The average Bonchev–Trinajstić information content (AvgIpc) is 3.86. The maximum absolute atomic E-state index is 12.8. The number of carboxylic acids is 1. The van der Waals surface area contributed by atoms with Gasteiger partial charge in [-0.2, -0.15) is 0 Å². The zero-order valence-corrected chi connectivity index (χ0v) is 33.0. The van der Waals surface area contributed by atoms with Crippen molar-refractivity contribution >= 4 is 82.6 Å². The third-order valence-corrected chi connectivity index (χ3v) is 8.65. The van der Waals surface area contributed by atoms with Crippen LogP contribution in [0.1, 0.15) is 44.7 Å². The lowest BCUT2D eigenvalue weighted by molar-refractivity contribution is -0.112. The third-order valence-electron chi connectivity index (χ3n) is 8.26. The van der Waals surface area contributed by atoms with E-state index in [0.29, 0.717) is 63.6 Å². The molecule has 3 amide bonds. The van der Waals surface area contributed by atoms with Gasteiger partial charge in [0.1, 0.15) is 0 Å². The molecule has 2 aromatic carbocycles. The summed E-state index contributed by atoms with van der Waals surface area (Å²) in [5, 5.41) is 24.8. The van der Waals surface area contributed by atoms with Crippen molar-refractivity contribution in [2.24, 2.45) is 0 Å². The van der Waals surface area contributed by atoms with Gasteiger partial charge in [0.05, 0.1) is 40.4 Å². The fourth-order valence-electron chi connectivity index (χ4n) is 5.50. The summed E-state index contributed by atoms with van der Waals surface area (Å²) in [5.41, 5.74) is 3.45. The molecule has 2 aromatic heterocycles. The van der Waals surface area contributed by atoms with Crippen LogP contribution in [0, 0.1) is 13.8 Å². The standard InChI is InChI=1S/C19H20ClN5O2.C11H11NO3.C8H11ClN4.ClH/c1-3-17(26)23-14-4-5-16(12(2)8-14)18(27)25-7-6-15(11-25)24-19-21-9-13(20)10-22-19;1-3-10(13)12-8-4-5-9(11(14)15)7(2)6-8;9-6-3-11-8(12-4-6)13-7-1-2-10-5-7;/h3-5,8-10,15H,1,6-7,11H2,2H3,(H,23,26)(H,21,22,24);3-6H,1H2,2H3,(H,12,13)(H,14,15);3-4,7,10H,1-2,5H2,(H,11,12,13);1H. The topological polar surface area (TPSA) is 203 Å². The number of carbonyl (C=O) groups excluding carboxylic acids is 3. The fourth-order valence-corrected chi connectivity index (χ4v) is 5.69. The van der Waals surface area contributed by atoms with Gasteiger partial charge in [0.2, 0.25) is 23.7 Å². The van der Waals surface area contributed by atoms with Crippen LogP contribution in [0.3, 0.4) is 0 Å². The molecule has 6 N–H and O–H groups in total. The van der Waals surface area contributed by atoms with Gasteiger partial charge in [0.25, 0.3) is 5.91 Å². The van der Waals surface area contributed by atoms with Gasteiger partial charge >= 0.3 is 5.97 Å². The molecule has 15 nitrogen and oxygen atoms in total. The number of hydrogen-bond acceptors (Lipinski definition) is 11. The van der Waals surface area contributed by atoms with Crippen LogP contribution in [-0.2, 0) is 9.59 Å². The lowest BCUT2D eigenvalue weighted by atomic mass is 10.1. The van der Waals surface area contributed by atoms with E-state index < -0.39 is 5.97 Å². The number of halogens is 3. The van der Waals surface area contributed by atoms with E-state index in [1.807, 2.05) is 6.92 Å². The number of benzene rings is 2. The molecule has 4 heterocycles. The van der Waals surface area contributed by atoms with Gasteiger partial charge in [-0.25, -0.2) is 24.7 Å². The minimum atomic E-state index is -0.978. The number of anilines is 4. The molecule has 296 valence electrons. The Morgan fingerprint density at radius 1 is 0.786 bits per heavy atom. The highest BCUT2D eigenvalue weighted by Gasteiger charge is 2.28. The average molecular weight is 826 g/mol. The number of rotatable bonds is 10. The molecule has 0 spiro atoms. The Hall–Kier alpha value is -5.61. The van der Waals surface area contributed by atoms with Crippen molar-refractivity contribution in [3.63, 3.8) is 0 Å². The number of hydrogen-bond donors (Lipinski definition) is 6. The minimum Gasteiger partial charge on any atom is -0.478 e. The second-order valence-corrected chi connectivity index (χ2v) is 13.3. The van der Waals surface area contributed by atoms with E-state index in [9.17, 15) is 19.2 Å². The quantitative estimate of drug-likeness (QED) is 0.102. The number of carbonyl (C=O) groups is 4. The molecule has 18 heteroatoms. The molecule has 2 fully saturated rings. The molecule has 0 saturated carbocycles. The zero-order valence-electron chi connectivity index (χ0n) is 30.7. The largest absolute Gasteiger partial charge is 0.478 e. The number of aromatic carboxylic acids is 1. The van der Waals surface area contributed by atoms with E-state index in [4.69, 9.17) is 28.3 Å². The number of aromatic nitrogens is 4. The van der Waals surface area contributed by atoms with Crippen molar-refractivity contribution in [2.75, 3.05) is 47.4 Å². The van der Waals surface area contributed by atoms with Crippen molar-refractivity contribution < 1.29 is 24.3 Å². The van der Waals surface area contributed by atoms with E-state index in [2.05, 4.69) is 59.7 Å². The predicted molar refractivity (Wildman–Crippen MR) is 221 cm³/mol. The second kappa shape index (κ2) is 22.1. The fraction of sp³-hybridized carbons (Fsp3) is 0.263. The second-order valence-electron chi connectivity index (χ2n) is 12.4.